The van der Waals surface area contributed by atoms with E-state index >= 15 is 0 Å². The van der Waals surface area contributed by atoms with Gasteiger partial charge >= 0.3 is 0 Å². The molecule has 1 fully saturated rings. The van der Waals surface area contributed by atoms with E-state index in [2.05, 4.69) is 25.5 Å². The molecule has 1 saturated carbocycles. The van der Waals surface area contributed by atoms with Crippen molar-refractivity contribution in [1.29, 1.82) is 0 Å². The lowest BCUT2D eigenvalue weighted by Crippen LogP contribution is -2.48. The predicted octanol–water partition coefficient (Wildman–Crippen LogP) is 3.96. The van der Waals surface area contributed by atoms with Gasteiger partial charge in [0.25, 0.3) is 0 Å². The van der Waals surface area contributed by atoms with Crippen LogP contribution in [0.25, 0.3) is 0 Å². The summed E-state index contributed by atoms with van der Waals surface area (Å²) in [7, 11) is -3.44. The normalized spacial score (nSPS) is 31.4. The third-order valence-electron chi connectivity index (χ3n) is 4.43. The molecule has 118 valence electrons. The van der Waals surface area contributed by atoms with Gasteiger partial charge in [0, 0.05) is 5.54 Å². The highest BCUT2D eigenvalue weighted by Gasteiger charge is 2.34. The summed E-state index contributed by atoms with van der Waals surface area (Å²) >= 11 is 0. The molecule has 0 spiro atoms. The minimum atomic E-state index is -3.44. The summed E-state index contributed by atoms with van der Waals surface area (Å²) in [4.78, 5) is 0.355. The Morgan fingerprint density at radius 3 is 2.10 bits per heavy atom. The molecule has 4 heteroatoms. The predicted molar refractivity (Wildman–Crippen MR) is 86.6 cm³/mol. The molecule has 0 heterocycles. The van der Waals surface area contributed by atoms with Crippen LogP contribution >= 0.6 is 0 Å². The number of sulfonamides is 1. The molecule has 0 saturated heterocycles. The molecule has 1 N–H and O–H groups in total. The second-order valence-corrected chi connectivity index (χ2v) is 8.71. The minimum absolute atomic E-state index is 0.353. The zero-order chi connectivity index (χ0) is 15.5. The van der Waals surface area contributed by atoms with E-state index in [1.54, 1.807) is 24.3 Å². The van der Waals surface area contributed by atoms with Crippen LogP contribution in [0.15, 0.2) is 35.2 Å². The molecule has 1 aliphatic carbocycles. The van der Waals surface area contributed by atoms with Crippen molar-refractivity contribution in [2.75, 3.05) is 0 Å². The Balaban J connectivity index is 2.21. The Hall–Kier alpha value is -0.870. The summed E-state index contributed by atoms with van der Waals surface area (Å²) in [6.45, 7) is 6.52. The highest BCUT2D eigenvalue weighted by Crippen LogP contribution is 2.33. The first kappa shape index (κ1) is 16.5. The second kappa shape index (κ2) is 6.49. The molecule has 3 nitrogen and oxygen atoms in total. The van der Waals surface area contributed by atoms with Crippen LogP contribution in [0.1, 0.15) is 52.9 Å². The van der Waals surface area contributed by atoms with E-state index in [9.17, 15) is 8.42 Å². The molecular formula is C17H27NO2S. The SMILES string of the molecule is CC1CCCC(C)CC(C)(NS(=O)(=O)c2ccccc2)C1. The fraction of sp³-hybridized carbons (Fsp3) is 0.647. The van der Waals surface area contributed by atoms with E-state index in [1.165, 1.54) is 19.3 Å². The number of hydrogen-bond donors (Lipinski definition) is 1. The van der Waals surface area contributed by atoms with Gasteiger partial charge in [-0.15, -0.1) is 0 Å². The maximum atomic E-state index is 12.6. The van der Waals surface area contributed by atoms with E-state index in [4.69, 9.17) is 0 Å². The van der Waals surface area contributed by atoms with Gasteiger partial charge in [-0.1, -0.05) is 51.3 Å². The van der Waals surface area contributed by atoms with Gasteiger partial charge in [0.05, 0.1) is 4.90 Å². The third-order valence-corrected chi connectivity index (χ3v) is 6.08. The van der Waals surface area contributed by atoms with E-state index < -0.39 is 10.0 Å². The molecule has 0 bridgehead atoms. The second-order valence-electron chi connectivity index (χ2n) is 7.03. The lowest BCUT2D eigenvalue weighted by Gasteiger charge is -2.37. The molecule has 0 radical (unpaired) electrons. The van der Waals surface area contributed by atoms with Gasteiger partial charge in [-0.05, 0) is 43.7 Å². The summed E-state index contributed by atoms with van der Waals surface area (Å²) < 4.78 is 28.2. The topological polar surface area (TPSA) is 46.2 Å². The number of rotatable bonds is 3. The zero-order valence-electron chi connectivity index (χ0n) is 13.3. The standard InChI is InChI=1S/C17H27NO2S/c1-14-8-7-9-15(2)13-17(3,12-14)18-21(19,20)16-10-5-4-6-11-16/h4-6,10-11,14-15,18H,7-9,12-13H2,1-3H3. The maximum absolute atomic E-state index is 12.6. The quantitative estimate of drug-likeness (QED) is 0.918. The molecule has 0 aliphatic heterocycles. The van der Waals surface area contributed by atoms with Crippen molar-refractivity contribution in [2.45, 2.75) is 63.3 Å². The molecule has 2 unspecified atom stereocenters. The van der Waals surface area contributed by atoms with Crippen LogP contribution < -0.4 is 4.72 Å². The Kier molecular flexibility index (Phi) is 5.10. The first-order valence-corrected chi connectivity index (χ1v) is 9.38. The van der Waals surface area contributed by atoms with Crippen molar-refractivity contribution in [3.8, 4) is 0 Å². The highest BCUT2D eigenvalue weighted by molar-refractivity contribution is 7.89. The van der Waals surface area contributed by atoms with E-state index in [0.29, 0.717) is 16.7 Å². The van der Waals surface area contributed by atoms with Crippen molar-refractivity contribution in [3.63, 3.8) is 0 Å². The minimum Gasteiger partial charge on any atom is -0.207 e. The van der Waals surface area contributed by atoms with Gasteiger partial charge in [0.2, 0.25) is 10.0 Å². The van der Waals surface area contributed by atoms with Crippen LogP contribution in [0.3, 0.4) is 0 Å². The van der Waals surface area contributed by atoms with Gasteiger partial charge in [0.15, 0.2) is 0 Å². The van der Waals surface area contributed by atoms with Crippen LogP contribution in [0.2, 0.25) is 0 Å². The number of nitrogens with one attached hydrogen (secondary N) is 1. The fourth-order valence-corrected chi connectivity index (χ4v) is 5.16. The first-order valence-electron chi connectivity index (χ1n) is 7.90. The summed E-state index contributed by atoms with van der Waals surface area (Å²) in [5, 5.41) is 0. The summed E-state index contributed by atoms with van der Waals surface area (Å²) in [5.74, 6) is 1.11. The van der Waals surface area contributed by atoms with E-state index in [0.717, 1.165) is 12.8 Å². The molecule has 1 aromatic carbocycles. The third kappa shape index (κ3) is 4.55. The summed E-state index contributed by atoms with van der Waals surface area (Å²) in [5.41, 5.74) is -0.353. The number of benzene rings is 1. The largest absolute Gasteiger partial charge is 0.241 e. The van der Waals surface area contributed by atoms with Gasteiger partial charge in [-0.2, -0.15) is 0 Å². The van der Waals surface area contributed by atoms with Gasteiger partial charge in [-0.3, -0.25) is 0 Å². The van der Waals surface area contributed by atoms with Crippen molar-refractivity contribution in [2.24, 2.45) is 11.8 Å². The van der Waals surface area contributed by atoms with Crippen LogP contribution in [0, 0.1) is 11.8 Å². The summed E-state index contributed by atoms with van der Waals surface area (Å²) in [6.07, 6.45) is 5.44. The fourth-order valence-electron chi connectivity index (χ4n) is 3.71. The highest BCUT2D eigenvalue weighted by atomic mass is 32.2. The Morgan fingerprint density at radius 2 is 1.57 bits per heavy atom. The van der Waals surface area contributed by atoms with Gasteiger partial charge in [0.1, 0.15) is 0 Å². The maximum Gasteiger partial charge on any atom is 0.241 e. The zero-order valence-corrected chi connectivity index (χ0v) is 14.1. The van der Waals surface area contributed by atoms with Crippen LogP contribution in [0.4, 0.5) is 0 Å². The van der Waals surface area contributed by atoms with Gasteiger partial charge in [-0.25, -0.2) is 13.1 Å². The van der Waals surface area contributed by atoms with Gasteiger partial charge < -0.3 is 0 Å². The molecule has 1 aliphatic rings. The van der Waals surface area contributed by atoms with Crippen molar-refractivity contribution in [3.05, 3.63) is 30.3 Å². The number of hydrogen-bond acceptors (Lipinski definition) is 2. The first-order chi connectivity index (χ1) is 9.81. The van der Waals surface area contributed by atoms with Crippen molar-refractivity contribution in [1.82, 2.24) is 4.72 Å². The smallest absolute Gasteiger partial charge is 0.207 e. The Bertz CT molecular complexity index is 541. The lowest BCUT2D eigenvalue weighted by atomic mass is 9.77. The molecule has 0 aromatic heterocycles. The van der Waals surface area contributed by atoms with Crippen molar-refractivity contribution < 1.29 is 8.42 Å². The molecule has 21 heavy (non-hydrogen) atoms. The molecule has 0 amide bonds. The van der Waals surface area contributed by atoms with E-state index in [-0.39, 0.29) is 5.54 Å². The molecular weight excluding hydrogens is 282 g/mol. The Morgan fingerprint density at radius 1 is 1.05 bits per heavy atom. The van der Waals surface area contributed by atoms with Crippen molar-refractivity contribution >= 4 is 10.0 Å². The average molecular weight is 309 g/mol. The van der Waals surface area contributed by atoms with Crippen LogP contribution in [-0.2, 0) is 10.0 Å². The van der Waals surface area contributed by atoms with E-state index in [1.807, 2.05) is 6.07 Å². The van der Waals surface area contributed by atoms with Crippen LogP contribution in [0.5, 0.6) is 0 Å². The molecule has 2 rings (SSSR count). The average Bonchev–Trinajstić information content (AvgIpc) is 2.36. The Labute approximate surface area is 129 Å². The summed E-state index contributed by atoms with van der Waals surface area (Å²) in [6, 6.07) is 8.67. The molecule has 2 atom stereocenters. The monoisotopic (exact) mass is 309 g/mol. The van der Waals surface area contributed by atoms with Crippen LogP contribution in [-0.4, -0.2) is 14.0 Å². The lowest BCUT2D eigenvalue weighted by molar-refractivity contribution is 0.224. The molecule has 1 aromatic rings.